The molecule has 3 rings (SSSR count). The second-order valence-corrected chi connectivity index (χ2v) is 6.17. The lowest BCUT2D eigenvalue weighted by atomic mass is 9.96. The van der Waals surface area contributed by atoms with Gasteiger partial charge in [0, 0.05) is 6.54 Å². The van der Waals surface area contributed by atoms with Gasteiger partial charge in [0.2, 0.25) is 0 Å². The Kier molecular flexibility index (Phi) is 4.89. The van der Waals surface area contributed by atoms with E-state index in [4.69, 9.17) is 0 Å². The third kappa shape index (κ3) is 3.63. The minimum atomic E-state index is 0.869. The Labute approximate surface area is 128 Å². The molecule has 21 heavy (non-hydrogen) atoms. The van der Waals surface area contributed by atoms with Crippen molar-refractivity contribution in [2.24, 2.45) is 5.92 Å². The minimum Gasteiger partial charge on any atom is -0.317 e. The molecule has 0 unspecified atom stereocenters. The maximum absolute atomic E-state index is 3.49. The van der Waals surface area contributed by atoms with Crippen molar-refractivity contribution < 1.29 is 0 Å². The summed E-state index contributed by atoms with van der Waals surface area (Å²) in [5.41, 5.74) is 1.47. The molecule has 1 N–H and O–H groups in total. The van der Waals surface area contributed by atoms with Gasteiger partial charge in [0.25, 0.3) is 0 Å². The fourth-order valence-corrected chi connectivity index (χ4v) is 3.37. The second kappa shape index (κ2) is 7.06. The fraction of sp³-hybridized carbons (Fsp3) is 0.474. The van der Waals surface area contributed by atoms with Crippen LogP contribution in [0.4, 0.5) is 0 Å². The van der Waals surface area contributed by atoms with E-state index >= 15 is 0 Å². The van der Waals surface area contributed by atoms with Gasteiger partial charge >= 0.3 is 0 Å². The van der Waals surface area contributed by atoms with E-state index < -0.39 is 0 Å². The predicted octanol–water partition coefficient (Wildman–Crippen LogP) is 3.66. The SMILES string of the molecule is CCNCC1CCN(Cc2cccc3ccccc23)CC1. The van der Waals surface area contributed by atoms with Gasteiger partial charge in [-0.15, -0.1) is 0 Å². The van der Waals surface area contributed by atoms with Gasteiger partial charge in [-0.05, 0) is 61.3 Å². The molecule has 1 heterocycles. The van der Waals surface area contributed by atoms with E-state index in [1.54, 1.807) is 0 Å². The molecule has 0 saturated carbocycles. The predicted molar refractivity (Wildman–Crippen MR) is 90.5 cm³/mol. The summed E-state index contributed by atoms with van der Waals surface area (Å²) in [6.07, 6.45) is 2.66. The number of fused-ring (bicyclic) bond motifs is 1. The summed E-state index contributed by atoms with van der Waals surface area (Å²) in [6.45, 7) is 8.04. The van der Waals surface area contributed by atoms with E-state index in [1.165, 1.54) is 48.8 Å². The maximum atomic E-state index is 3.49. The molecule has 2 aromatic rings. The Morgan fingerprint density at radius 1 is 1.05 bits per heavy atom. The van der Waals surface area contributed by atoms with E-state index in [0.717, 1.165) is 19.0 Å². The Balaban J connectivity index is 1.62. The van der Waals surface area contributed by atoms with Crippen molar-refractivity contribution in [3.63, 3.8) is 0 Å². The van der Waals surface area contributed by atoms with E-state index in [9.17, 15) is 0 Å². The highest BCUT2D eigenvalue weighted by molar-refractivity contribution is 5.85. The molecule has 0 amide bonds. The Hall–Kier alpha value is -1.38. The number of rotatable bonds is 5. The number of nitrogens with zero attached hydrogens (tertiary/aromatic N) is 1. The van der Waals surface area contributed by atoms with E-state index in [0.29, 0.717) is 0 Å². The molecule has 0 aromatic heterocycles. The molecule has 2 heteroatoms. The second-order valence-electron chi connectivity index (χ2n) is 6.17. The number of hydrogen-bond acceptors (Lipinski definition) is 2. The summed E-state index contributed by atoms with van der Waals surface area (Å²) < 4.78 is 0. The Bertz CT molecular complexity index is 565. The van der Waals surface area contributed by atoms with Crippen LogP contribution in [0.25, 0.3) is 10.8 Å². The smallest absolute Gasteiger partial charge is 0.0239 e. The van der Waals surface area contributed by atoms with Crippen LogP contribution < -0.4 is 5.32 Å². The van der Waals surface area contributed by atoms with Gasteiger partial charge in [-0.3, -0.25) is 4.90 Å². The van der Waals surface area contributed by atoms with Crippen LogP contribution in [0.1, 0.15) is 25.3 Å². The molecule has 0 bridgehead atoms. The van der Waals surface area contributed by atoms with Gasteiger partial charge in [-0.2, -0.15) is 0 Å². The van der Waals surface area contributed by atoms with Crippen molar-refractivity contribution in [2.75, 3.05) is 26.2 Å². The number of benzene rings is 2. The van der Waals surface area contributed by atoms with Crippen LogP contribution in [0.3, 0.4) is 0 Å². The Morgan fingerprint density at radius 3 is 2.62 bits per heavy atom. The van der Waals surface area contributed by atoms with Crippen LogP contribution in [-0.4, -0.2) is 31.1 Å². The number of hydrogen-bond donors (Lipinski definition) is 1. The average molecular weight is 282 g/mol. The zero-order valence-corrected chi connectivity index (χ0v) is 13.0. The molecule has 112 valence electrons. The van der Waals surface area contributed by atoms with Crippen LogP contribution in [0.15, 0.2) is 42.5 Å². The number of piperidine rings is 1. The molecule has 1 aliphatic heterocycles. The minimum absolute atomic E-state index is 0.869. The highest BCUT2D eigenvalue weighted by Gasteiger charge is 2.19. The van der Waals surface area contributed by atoms with Crippen molar-refractivity contribution in [1.82, 2.24) is 10.2 Å². The molecule has 2 aromatic carbocycles. The number of nitrogens with one attached hydrogen (secondary N) is 1. The van der Waals surface area contributed by atoms with Crippen molar-refractivity contribution in [3.05, 3.63) is 48.0 Å². The zero-order valence-electron chi connectivity index (χ0n) is 13.0. The van der Waals surface area contributed by atoms with Crippen LogP contribution in [0, 0.1) is 5.92 Å². The first-order valence-corrected chi connectivity index (χ1v) is 8.26. The standard InChI is InChI=1S/C19H26N2/c1-2-20-14-16-10-12-21(13-11-16)15-18-8-5-7-17-6-3-4-9-19(17)18/h3-9,16,20H,2,10-15H2,1H3. The van der Waals surface area contributed by atoms with Crippen LogP contribution in [0.5, 0.6) is 0 Å². The van der Waals surface area contributed by atoms with Crippen molar-refractivity contribution >= 4 is 10.8 Å². The average Bonchev–Trinajstić information content (AvgIpc) is 2.55. The van der Waals surface area contributed by atoms with Crippen LogP contribution >= 0.6 is 0 Å². The summed E-state index contributed by atoms with van der Waals surface area (Å²) in [6, 6.07) is 15.4. The van der Waals surface area contributed by atoms with E-state index in [-0.39, 0.29) is 0 Å². The largest absolute Gasteiger partial charge is 0.317 e. The molecule has 0 radical (unpaired) electrons. The molecular weight excluding hydrogens is 256 g/mol. The molecule has 0 spiro atoms. The van der Waals surface area contributed by atoms with Gasteiger partial charge in [-0.25, -0.2) is 0 Å². The molecule has 1 saturated heterocycles. The molecule has 1 fully saturated rings. The van der Waals surface area contributed by atoms with Gasteiger partial charge in [0.1, 0.15) is 0 Å². The van der Waals surface area contributed by atoms with Gasteiger partial charge in [0.15, 0.2) is 0 Å². The lowest BCUT2D eigenvalue weighted by Crippen LogP contribution is -2.36. The lowest BCUT2D eigenvalue weighted by molar-refractivity contribution is 0.176. The summed E-state index contributed by atoms with van der Waals surface area (Å²) in [5, 5.41) is 6.26. The first-order chi connectivity index (χ1) is 10.4. The Morgan fingerprint density at radius 2 is 1.81 bits per heavy atom. The first kappa shape index (κ1) is 14.6. The highest BCUT2D eigenvalue weighted by atomic mass is 15.1. The van der Waals surface area contributed by atoms with Crippen molar-refractivity contribution in [2.45, 2.75) is 26.3 Å². The summed E-state index contributed by atoms with van der Waals surface area (Å²) >= 11 is 0. The van der Waals surface area contributed by atoms with Gasteiger partial charge < -0.3 is 5.32 Å². The molecule has 0 atom stereocenters. The third-order valence-electron chi connectivity index (χ3n) is 4.66. The summed E-state index contributed by atoms with van der Waals surface area (Å²) in [5.74, 6) is 0.869. The van der Waals surface area contributed by atoms with Gasteiger partial charge in [0.05, 0.1) is 0 Å². The van der Waals surface area contributed by atoms with Crippen molar-refractivity contribution in [3.8, 4) is 0 Å². The normalized spacial score (nSPS) is 17.4. The third-order valence-corrected chi connectivity index (χ3v) is 4.66. The first-order valence-electron chi connectivity index (χ1n) is 8.26. The quantitative estimate of drug-likeness (QED) is 0.900. The molecule has 2 nitrogen and oxygen atoms in total. The summed E-state index contributed by atoms with van der Waals surface area (Å²) in [4.78, 5) is 2.62. The molecule has 0 aliphatic carbocycles. The summed E-state index contributed by atoms with van der Waals surface area (Å²) in [7, 11) is 0. The monoisotopic (exact) mass is 282 g/mol. The zero-order chi connectivity index (χ0) is 14.5. The van der Waals surface area contributed by atoms with Crippen LogP contribution in [0.2, 0.25) is 0 Å². The topological polar surface area (TPSA) is 15.3 Å². The van der Waals surface area contributed by atoms with E-state index in [2.05, 4.69) is 59.6 Å². The highest BCUT2D eigenvalue weighted by Crippen LogP contribution is 2.23. The van der Waals surface area contributed by atoms with Crippen LogP contribution in [-0.2, 0) is 6.54 Å². The molecule has 1 aliphatic rings. The fourth-order valence-electron chi connectivity index (χ4n) is 3.37. The molecular formula is C19H26N2. The lowest BCUT2D eigenvalue weighted by Gasteiger charge is -2.32. The maximum Gasteiger partial charge on any atom is 0.0239 e. The van der Waals surface area contributed by atoms with Gasteiger partial charge in [-0.1, -0.05) is 49.4 Å². The van der Waals surface area contributed by atoms with E-state index in [1.807, 2.05) is 0 Å². The van der Waals surface area contributed by atoms with Crippen molar-refractivity contribution in [1.29, 1.82) is 0 Å². The number of likely N-dealkylation sites (tertiary alicyclic amines) is 1.